The zero-order chi connectivity index (χ0) is 11.5. The lowest BCUT2D eigenvalue weighted by Crippen LogP contribution is -2.33. The van der Waals surface area contributed by atoms with E-state index in [0.29, 0.717) is 6.04 Å². The molecule has 1 unspecified atom stereocenters. The van der Waals surface area contributed by atoms with Crippen LogP contribution < -0.4 is 5.73 Å². The number of rotatable bonds is 4. The quantitative estimate of drug-likeness (QED) is 0.789. The van der Waals surface area contributed by atoms with Crippen LogP contribution in [-0.2, 0) is 17.8 Å². The van der Waals surface area contributed by atoms with Crippen molar-refractivity contribution in [2.45, 2.75) is 32.5 Å². The standard InChI is InChI=1S/C13H20N2O/c1-3-13(9-16-2)15-7-10-4-5-12(14)6-11(10)8-15/h4-6,13H,3,7-9,14H2,1-2H3. The fourth-order valence-electron chi connectivity index (χ4n) is 2.37. The van der Waals surface area contributed by atoms with Crippen LogP contribution in [-0.4, -0.2) is 24.7 Å². The van der Waals surface area contributed by atoms with Gasteiger partial charge in [-0.05, 0) is 29.7 Å². The Balaban J connectivity index is 2.09. The Bertz CT molecular complexity index is 365. The van der Waals surface area contributed by atoms with E-state index in [1.54, 1.807) is 7.11 Å². The third kappa shape index (κ3) is 2.20. The molecule has 0 saturated carbocycles. The molecule has 1 atom stereocenters. The molecule has 2 N–H and O–H groups in total. The molecule has 0 radical (unpaired) electrons. The van der Waals surface area contributed by atoms with Crippen molar-refractivity contribution in [1.82, 2.24) is 4.90 Å². The van der Waals surface area contributed by atoms with Gasteiger partial charge in [-0.1, -0.05) is 13.0 Å². The van der Waals surface area contributed by atoms with Gasteiger partial charge in [-0.2, -0.15) is 0 Å². The summed E-state index contributed by atoms with van der Waals surface area (Å²) >= 11 is 0. The van der Waals surface area contributed by atoms with Crippen molar-refractivity contribution in [2.24, 2.45) is 0 Å². The number of fused-ring (bicyclic) bond motifs is 1. The maximum absolute atomic E-state index is 5.80. The van der Waals surface area contributed by atoms with Gasteiger partial charge in [-0.15, -0.1) is 0 Å². The van der Waals surface area contributed by atoms with Gasteiger partial charge in [0.15, 0.2) is 0 Å². The molecule has 0 amide bonds. The van der Waals surface area contributed by atoms with Gasteiger partial charge in [-0.25, -0.2) is 0 Å². The van der Waals surface area contributed by atoms with Crippen LogP contribution in [0, 0.1) is 0 Å². The molecule has 0 fully saturated rings. The van der Waals surface area contributed by atoms with Crippen molar-refractivity contribution in [1.29, 1.82) is 0 Å². The molecule has 0 aliphatic carbocycles. The van der Waals surface area contributed by atoms with E-state index in [2.05, 4.69) is 24.0 Å². The van der Waals surface area contributed by atoms with Gasteiger partial charge in [0.05, 0.1) is 6.61 Å². The van der Waals surface area contributed by atoms with E-state index in [9.17, 15) is 0 Å². The second-order valence-corrected chi connectivity index (χ2v) is 4.45. The summed E-state index contributed by atoms with van der Waals surface area (Å²) in [5, 5.41) is 0. The molecule has 3 heteroatoms. The zero-order valence-electron chi connectivity index (χ0n) is 10.1. The van der Waals surface area contributed by atoms with Gasteiger partial charge in [0.2, 0.25) is 0 Å². The van der Waals surface area contributed by atoms with Crippen molar-refractivity contribution >= 4 is 5.69 Å². The number of nitrogens with zero attached hydrogens (tertiary/aromatic N) is 1. The fourth-order valence-corrected chi connectivity index (χ4v) is 2.37. The normalized spacial score (nSPS) is 17.4. The number of nitrogens with two attached hydrogens (primary N) is 1. The highest BCUT2D eigenvalue weighted by Crippen LogP contribution is 2.27. The highest BCUT2D eigenvalue weighted by Gasteiger charge is 2.24. The van der Waals surface area contributed by atoms with Crippen LogP contribution in [0.3, 0.4) is 0 Å². The zero-order valence-corrected chi connectivity index (χ0v) is 10.1. The molecule has 0 bridgehead atoms. The first-order valence-electron chi connectivity index (χ1n) is 5.84. The van der Waals surface area contributed by atoms with Crippen LogP contribution in [0.25, 0.3) is 0 Å². The first-order chi connectivity index (χ1) is 7.74. The summed E-state index contributed by atoms with van der Waals surface area (Å²) in [7, 11) is 1.77. The van der Waals surface area contributed by atoms with E-state index >= 15 is 0 Å². The van der Waals surface area contributed by atoms with Gasteiger partial charge in [-0.3, -0.25) is 4.90 Å². The lowest BCUT2D eigenvalue weighted by molar-refractivity contribution is 0.0859. The molecular weight excluding hydrogens is 200 g/mol. The summed E-state index contributed by atoms with van der Waals surface area (Å²) in [6.07, 6.45) is 1.12. The van der Waals surface area contributed by atoms with Crippen LogP contribution >= 0.6 is 0 Å². The smallest absolute Gasteiger partial charge is 0.0618 e. The molecule has 16 heavy (non-hydrogen) atoms. The molecule has 0 aromatic heterocycles. The number of benzene rings is 1. The van der Waals surface area contributed by atoms with Gasteiger partial charge in [0.1, 0.15) is 0 Å². The molecule has 1 aliphatic rings. The van der Waals surface area contributed by atoms with E-state index in [1.165, 1.54) is 11.1 Å². The number of hydrogen-bond donors (Lipinski definition) is 1. The minimum Gasteiger partial charge on any atom is -0.399 e. The van der Waals surface area contributed by atoms with Crippen LogP contribution in [0.15, 0.2) is 18.2 Å². The van der Waals surface area contributed by atoms with Gasteiger partial charge in [0.25, 0.3) is 0 Å². The Hall–Kier alpha value is -1.06. The second-order valence-electron chi connectivity index (χ2n) is 4.45. The largest absolute Gasteiger partial charge is 0.399 e. The summed E-state index contributed by atoms with van der Waals surface area (Å²) in [5.74, 6) is 0. The second kappa shape index (κ2) is 4.85. The molecule has 88 valence electrons. The molecule has 3 nitrogen and oxygen atoms in total. The summed E-state index contributed by atoms with van der Waals surface area (Å²) in [6, 6.07) is 6.73. The highest BCUT2D eigenvalue weighted by atomic mass is 16.5. The van der Waals surface area contributed by atoms with Crippen molar-refractivity contribution in [3.8, 4) is 0 Å². The first kappa shape index (κ1) is 11.4. The Morgan fingerprint density at radius 1 is 1.38 bits per heavy atom. The predicted octanol–water partition coefficient (Wildman–Crippen LogP) is 2.01. The highest BCUT2D eigenvalue weighted by molar-refractivity contribution is 5.46. The number of ether oxygens (including phenoxy) is 1. The lowest BCUT2D eigenvalue weighted by Gasteiger charge is -2.25. The Morgan fingerprint density at radius 2 is 2.12 bits per heavy atom. The minimum atomic E-state index is 0.513. The van der Waals surface area contributed by atoms with E-state index in [1.807, 2.05) is 6.07 Å². The van der Waals surface area contributed by atoms with Crippen LogP contribution in [0.4, 0.5) is 5.69 Å². The predicted molar refractivity (Wildman–Crippen MR) is 66.1 cm³/mol. The summed E-state index contributed by atoms with van der Waals surface area (Å²) < 4.78 is 5.26. The van der Waals surface area contributed by atoms with Crippen molar-refractivity contribution in [3.63, 3.8) is 0 Å². The Kier molecular flexibility index (Phi) is 3.46. The number of nitrogen functional groups attached to an aromatic ring is 1. The molecule has 0 spiro atoms. The molecule has 2 rings (SSSR count). The maximum atomic E-state index is 5.80. The van der Waals surface area contributed by atoms with Crippen LogP contribution in [0.2, 0.25) is 0 Å². The fraction of sp³-hybridized carbons (Fsp3) is 0.538. The van der Waals surface area contributed by atoms with Gasteiger partial charge in [0, 0.05) is 31.9 Å². The van der Waals surface area contributed by atoms with Crippen LogP contribution in [0.5, 0.6) is 0 Å². The molecule has 1 aromatic rings. The molecule has 1 aliphatic heterocycles. The minimum absolute atomic E-state index is 0.513. The molecule has 1 heterocycles. The number of anilines is 1. The number of methoxy groups -OCH3 is 1. The number of hydrogen-bond acceptors (Lipinski definition) is 3. The first-order valence-corrected chi connectivity index (χ1v) is 5.84. The van der Waals surface area contributed by atoms with Crippen molar-refractivity contribution in [3.05, 3.63) is 29.3 Å². The molecular formula is C13H20N2O. The van der Waals surface area contributed by atoms with Crippen molar-refractivity contribution < 1.29 is 4.74 Å². The SMILES string of the molecule is CCC(COC)N1Cc2ccc(N)cc2C1. The van der Waals surface area contributed by atoms with Gasteiger partial charge < -0.3 is 10.5 Å². The third-order valence-corrected chi connectivity index (χ3v) is 3.32. The average Bonchev–Trinajstić information content (AvgIpc) is 2.68. The topological polar surface area (TPSA) is 38.5 Å². The van der Waals surface area contributed by atoms with E-state index in [4.69, 9.17) is 10.5 Å². The Labute approximate surface area is 97.2 Å². The summed E-state index contributed by atoms with van der Waals surface area (Å²) in [5.41, 5.74) is 9.44. The summed E-state index contributed by atoms with van der Waals surface area (Å²) in [6.45, 7) is 5.04. The maximum Gasteiger partial charge on any atom is 0.0618 e. The summed E-state index contributed by atoms with van der Waals surface area (Å²) in [4.78, 5) is 2.47. The third-order valence-electron chi connectivity index (χ3n) is 3.32. The van der Waals surface area contributed by atoms with Gasteiger partial charge >= 0.3 is 0 Å². The Morgan fingerprint density at radius 3 is 2.81 bits per heavy atom. The molecule has 0 saturated heterocycles. The van der Waals surface area contributed by atoms with E-state index in [-0.39, 0.29) is 0 Å². The van der Waals surface area contributed by atoms with Crippen LogP contribution in [0.1, 0.15) is 24.5 Å². The lowest BCUT2D eigenvalue weighted by atomic mass is 10.1. The molecule has 1 aromatic carbocycles. The average molecular weight is 220 g/mol. The van der Waals surface area contributed by atoms with Crippen molar-refractivity contribution in [2.75, 3.05) is 19.5 Å². The van der Waals surface area contributed by atoms with E-state index in [0.717, 1.165) is 31.8 Å². The van der Waals surface area contributed by atoms with E-state index < -0.39 is 0 Å². The monoisotopic (exact) mass is 220 g/mol.